The Hall–Kier alpha value is -3.88. The maximum atomic E-state index is 12.5. The smallest absolute Gasteiger partial charge is 0.273 e. The summed E-state index contributed by atoms with van der Waals surface area (Å²) < 4.78 is 5.72. The first-order chi connectivity index (χ1) is 15.4. The van der Waals surface area contributed by atoms with Gasteiger partial charge in [-0.2, -0.15) is 0 Å². The molecule has 2 amide bonds. The van der Waals surface area contributed by atoms with Crippen LogP contribution in [0.5, 0.6) is 0 Å². The fourth-order valence-corrected chi connectivity index (χ4v) is 2.88. The summed E-state index contributed by atoms with van der Waals surface area (Å²) in [6.45, 7) is 3.33. The Labute approximate surface area is 187 Å². The predicted molar refractivity (Wildman–Crippen MR) is 121 cm³/mol. The Morgan fingerprint density at radius 3 is 2.25 bits per heavy atom. The van der Waals surface area contributed by atoms with Gasteiger partial charge in [0.15, 0.2) is 5.71 Å². The summed E-state index contributed by atoms with van der Waals surface area (Å²) in [5.41, 5.74) is 0.680. The Bertz CT molecular complexity index is 991. The van der Waals surface area contributed by atoms with E-state index >= 15 is 0 Å². The molecule has 0 heterocycles. The van der Waals surface area contributed by atoms with E-state index in [-0.39, 0.29) is 24.1 Å². The summed E-state index contributed by atoms with van der Waals surface area (Å²) in [6, 6.07) is 16.2. The summed E-state index contributed by atoms with van der Waals surface area (Å²) in [7, 11) is 4.41. The summed E-state index contributed by atoms with van der Waals surface area (Å²) in [5.74, 6) is -0.537. The monoisotopic (exact) mass is 440 g/mol. The van der Waals surface area contributed by atoms with Gasteiger partial charge in [0, 0.05) is 32.1 Å². The van der Waals surface area contributed by atoms with E-state index in [1.54, 1.807) is 44.2 Å². The zero-order chi connectivity index (χ0) is 23.6. The van der Waals surface area contributed by atoms with Crippen LogP contribution >= 0.6 is 0 Å². The standard InChI is InChI=1S/C23H28N4O5/c1-16(26-32-23(2,22(29)25-4)18-12-7-6-8-13-18)31-15-17-11-9-10-14-19(17)20(27-30-5)21(28)24-3/h6-14H,15H2,1-5H3,(H,24,28)(H,25,29). The molecule has 0 radical (unpaired) electrons. The van der Waals surface area contributed by atoms with E-state index in [4.69, 9.17) is 14.4 Å². The van der Waals surface area contributed by atoms with Crippen LogP contribution in [0, 0.1) is 0 Å². The van der Waals surface area contributed by atoms with Crippen molar-refractivity contribution in [1.29, 1.82) is 0 Å². The molecular weight excluding hydrogens is 412 g/mol. The lowest BCUT2D eigenvalue weighted by Crippen LogP contribution is -2.42. The second-order valence-electron chi connectivity index (χ2n) is 6.83. The molecule has 0 bridgehead atoms. The van der Waals surface area contributed by atoms with Crippen molar-refractivity contribution in [1.82, 2.24) is 10.6 Å². The molecule has 32 heavy (non-hydrogen) atoms. The van der Waals surface area contributed by atoms with Gasteiger partial charge >= 0.3 is 0 Å². The molecule has 9 heteroatoms. The largest absolute Gasteiger partial charge is 0.474 e. The maximum Gasteiger partial charge on any atom is 0.273 e. The lowest BCUT2D eigenvalue weighted by atomic mass is 9.95. The summed E-state index contributed by atoms with van der Waals surface area (Å²) in [4.78, 5) is 35.1. The van der Waals surface area contributed by atoms with Crippen molar-refractivity contribution in [2.45, 2.75) is 26.1 Å². The van der Waals surface area contributed by atoms with Crippen molar-refractivity contribution in [3.05, 3.63) is 71.3 Å². The van der Waals surface area contributed by atoms with Gasteiger partial charge in [-0.15, -0.1) is 0 Å². The number of hydrogen-bond donors (Lipinski definition) is 2. The lowest BCUT2D eigenvalue weighted by Gasteiger charge is -2.25. The van der Waals surface area contributed by atoms with Gasteiger partial charge in [0.1, 0.15) is 13.7 Å². The number of nitrogens with one attached hydrogen (secondary N) is 2. The van der Waals surface area contributed by atoms with Crippen molar-refractivity contribution in [3.63, 3.8) is 0 Å². The maximum absolute atomic E-state index is 12.5. The molecule has 0 fully saturated rings. The fourth-order valence-electron chi connectivity index (χ4n) is 2.88. The Morgan fingerprint density at radius 2 is 1.62 bits per heavy atom. The van der Waals surface area contributed by atoms with Crippen LogP contribution in [0.15, 0.2) is 64.9 Å². The van der Waals surface area contributed by atoms with E-state index in [0.717, 1.165) is 0 Å². The van der Waals surface area contributed by atoms with Crippen LogP contribution in [0.3, 0.4) is 0 Å². The highest BCUT2D eigenvalue weighted by Gasteiger charge is 2.37. The average Bonchev–Trinajstić information content (AvgIpc) is 2.84. The van der Waals surface area contributed by atoms with Gasteiger partial charge in [-0.1, -0.05) is 64.9 Å². The molecule has 0 aliphatic rings. The molecule has 2 aromatic rings. The van der Waals surface area contributed by atoms with E-state index < -0.39 is 11.5 Å². The Kier molecular flexibility index (Phi) is 8.76. The van der Waals surface area contributed by atoms with Crippen molar-refractivity contribution in [2.75, 3.05) is 21.2 Å². The second kappa shape index (κ2) is 11.5. The van der Waals surface area contributed by atoms with Crippen LogP contribution in [-0.2, 0) is 36.2 Å². The van der Waals surface area contributed by atoms with Crippen molar-refractivity contribution in [2.24, 2.45) is 10.3 Å². The Morgan fingerprint density at radius 1 is 0.969 bits per heavy atom. The highest BCUT2D eigenvalue weighted by Crippen LogP contribution is 2.26. The minimum atomic E-state index is -1.34. The second-order valence-corrected chi connectivity index (χ2v) is 6.83. The van der Waals surface area contributed by atoms with Gasteiger partial charge in [-0.05, 0) is 12.5 Å². The first-order valence-corrected chi connectivity index (χ1v) is 9.92. The van der Waals surface area contributed by atoms with E-state index in [2.05, 4.69) is 20.9 Å². The molecular formula is C23H28N4O5. The number of nitrogens with zero attached hydrogens (tertiary/aromatic N) is 2. The Balaban J connectivity index is 2.20. The summed E-state index contributed by atoms with van der Waals surface area (Å²) in [5, 5.41) is 13.0. The SMILES string of the molecule is CNC(=O)C(=NOC)c1ccccc1COC(C)=NOC(C)(C(=O)NC)c1ccccc1. The topological polar surface area (TPSA) is 111 Å². The van der Waals surface area contributed by atoms with Crippen LogP contribution in [0.25, 0.3) is 0 Å². The molecule has 2 N–H and O–H groups in total. The highest BCUT2D eigenvalue weighted by atomic mass is 16.7. The van der Waals surface area contributed by atoms with Crippen LogP contribution in [0.2, 0.25) is 0 Å². The molecule has 2 aromatic carbocycles. The van der Waals surface area contributed by atoms with Crippen LogP contribution in [-0.4, -0.2) is 44.6 Å². The third-order valence-corrected chi connectivity index (χ3v) is 4.68. The minimum absolute atomic E-state index is 0.0939. The molecule has 0 saturated carbocycles. The molecule has 0 aliphatic heterocycles. The molecule has 0 saturated heterocycles. The number of hydrogen-bond acceptors (Lipinski definition) is 7. The predicted octanol–water partition coefficient (Wildman–Crippen LogP) is 2.31. The molecule has 0 spiro atoms. The third kappa shape index (κ3) is 5.84. The highest BCUT2D eigenvalue weighted by molar-refractivity contribution is 6.45. The van der Waals surface area contributed by atoms with Gasteiger partial charge in [0.25, 0.3) is 11.8 Å². The number of likely N-dealkylation sites (N-methyl/N-ethyl adjacent to an activating group) is 2. The number of ether oxygens (including phenoxy) is 1. The first kappa shape index (κ1) is 24.4. The molecule has 170 valence electrons. The number of carbonyl (C=O) groups is 2. The molecule has 1 unspecified atom stereocenters. The number of carbonyl (C=O) groups excluding carboxylic acids is 2. The number of benzene rings is 2. The molecule has 0 aliphatic carbocycles. The van der Waals surface area contributed by atoms with E-state index in [1.165, 1.54) is 21.2 Å². The first-order valence-electron chi connectivity index (χ1n) is 9.92. The van der Waals surface area contributed by atoms with E-state index in [1.807, 2.05) is 24.3 Å². The number of rotatable bonds is 9. The molecule has 2 rings (SSSR count). The van der Waals surface area contributed by atoms with Crippen LogP contribution < -0.4 is 10.6 Å². The van der Waals surface area contributed by atoms with Crippen molar-refractivity contribution in [3.8, 4) is 0 Å². The van der Waals surface area contributed by atoms with Crippen molar-refractivity contribution < 1.29 is 24.0 Å². The number of amides is 2. The molecule has 0 aromatic heterocycles. The van der Waals surface area contributed by atoms with Crippen LogP contribution in [0.4, 0.5) is 0 Å². The summed E-state index contributed by atoms with van der Waals surface area (Å²) >= 11 is 0. The van der Waals surface area contributed by atoms with Crippen LogP contribution in [0.1, 0.15) is 30.5 Å². The van der Waals surface area contributed by atoms with Gasteiger partial charge in [-0.25, -0.2) is 0 Å². The third-order valence-electron chi connectivity index (χ3n) is 4.68. The lowest BCUT2D eigenvalue weighted by molar-refractivity contribution is -0.146. The zero-order valence-corrected chi connectivity index (χ0v) is 18.8. The number of oxime groups is 2. The van der Waals surface area contributed by atoms with Gasteiger partial charge in [-0.3, -0.25) is 9.59 Å². The van der Waals surface area contributed by atoms with Crippen molar-refractivity contribution >= 4 is 23.4 Å². The summed E-state index contributed by atoms with van der Waals surface area (Å²) in [6.07, 6.45) is 0. The van der Waals surface area contributed by atoms with Gasteiger partial charge in [0.05, 0.1) is 0 Å². The van der Waals surface area contributed by atoms with Gasteiger partial charge < -0.3 is 25.0 Å². The quantitative estimate of drug-likeness (QED) is 0.353. The van der Waals surface area contributed by atoms with E-state index in [0.29, 0.717) is 16.7 Å². The molecule has 9 nitrogen and oxygen atoms in total. The minimum Gasteiger partial charge on any atom is -0.474 e. The normalized spacial score (nSPS) is 13.5. The van der Waals surface area contributed by atoms with Gasteiger partial charge in [0.2, 0.25) is 11.5 Å². The average molecular weight is 441 g/mol. The zero-order valence-electron chi connectivity index (χ0n) is 18.8. The van der Waals surface area contributed by atoms with E-state index in [9.17, 15) is 9.59 Å². The molecule has 1 atom stereocenters. The fraction of sp³-hybridized carbons (Fsp3) is 0.304.